The minimum atomic E-state index is -3.64. The molecule has 1 atom stereocenters. The number of aromatic nitrogens is 2. The number of benzene rings is 1. The highest BCUT2D eigenvalue weighted by atomic mass is 32.2. The molecular weight excluding hydrogens is 522 g/mol. The molecule has 2 fully saturated rings. The van der Waals surface area contributed by atoms with Crippen molar-refractivity contribution < 1.29 is 18.0 Å². The number of carbonyl (C=O) groups is 2. The Labute approximate surface area is 225 Å². The number of thiazole rings is 1. The van der Waals surface area contributed by atoms with E-state index < -0.39 is 9.84 Å². The molecule has 6 rings (SSSR count). The molecule has 1 saturated carbocycles. The van der Waals surface area contributed by atoms with Crippen LogP contribution in [0.1, 0.15) is 54.2 Å². The van der Waals surface area contributed by atoms with Gasteiger partial charge in [-0.2, -0.15) is 0 Å². The molecule has 1 saturated heterocycles. The van der Waals surface area contributed by atoms with Crippen molar-refractivity contribution in [2.45, 2.75) is 57.0 Å². The Morgan fingerprint density at radius 3 is 2.63 bits per heavy atom. The second-order valence-corrected chi connectivity index (χ2v) is 13.4. The largest absolute Gasteiger partial charge is 0.331 e. The number of nitrogens with one attached hydrogen (secondary N) is 1. The first-order chi connectivity index (χ1) is 18.1. The van der Waals surface area contributed by atoms with Crippen LogP contribution in [0.4, 0.5) is 16.8 Å². The van der Waals surface area contributed by atoms with Crippen LogP contribution < -0.4 is 10.2 Å². The van der Waals surface area contributed by atoms with Gasteiger partial charge in [-0.15, -0.1) is 0 Å². The van der Waals surface area contributed by atoms with Crippen LogP contribution >= 0.6 is 11.3 Å². The third-order valence-electron chi connectivity index (χ3n) is 7.57. The van der Waals surface area contributed by atoms with Gasteiger partial charge in [0.05, 0.1) is 21.0 Å². The number of rotatable bonds is 7. The number of carbonyl (C=O) groups excluding carboxylic acids is 2. The Morgan fingerprint density at radius 2 is 1.95 bits per heavy atom. The zero-order chi connectivity index (χ0) is 26.8. The van der Waals surface area contributed by atoms with Crippen molar-refractivity contribution in [2.24, 2.45) is 5.92 Å². The Morgan fingerprint density at radius 1 is 1.16 bits per heavy atom. The van der Waals surface area contributed by atoms with Gasteiger partial charge in [0.2, 0.25) is 5.91 Å². The van der Waals surface area contributed by atoms with Crippen LogP contribution in [0.3, 0.4) is 0 Å². The maximum atomic E-state index is 13.3. The highest BCUT2D eigenvalue weighted by Crippen LogP contribution is 2.42. The van der Waals surface area contributed by atoms with Gasteiger partial charge in [0.25, 0.3) is 5.91 Å². The van der Waals surface area contributed by atoms with E-state index in [0.717, 1.165) is 47.2 Å². The van der Waals surface area contributed by atoms with E-state index in [0.29, 0.717) is 47.8 Å². The van der Waals surface area contributed by atoms with Crippen LogP contribution in [0.25, 0.3) is 10.4 Å². The molecule has 1 aromatic carbocycles. The van der Waals surface area contributed by atoms with E-state index in [1.807, 2.05) is 36.1 Å². The predicted octanol–water partition coefficient (Wildman–Crippen LogP) is 4.54. The summed E-state index contributed by atoms with van der Waals surface area (Å²) in [5.41, 5.74) is 2.52. The highest BCUT2D eigenvalue weighted by molar-refractivity contribution is 7.90. The SMILES string of the molecule is Cc1nc(Nc2cccc(N3CCCC3=O)n2)sc1-c1cc2c(c(S(C)(=O)=O)c1)C(=O)N(C(C)C1CC1)C2. The standard InChI is InChI=1S/C27H29N5O4S2/c1-15-25(37-27(28-15)30-21-6-4-7-22(29-21)31-11-5-8-23(31)33)18-12-19-14-32(16(2)17-9-10-17)26(34)24(19)20(13-18)38(3,35)36/h4,6-7,12-13,16-17H,5,8-11,14H2,1-3H3,(H,28,29,30). The molecule has 0 bridgehead atoms. The molecule has 2 amide bonds. The molecule has 3 aliphatic rings. The first-order valence-electron chi connectivity index (χ1n) is 12.8. The number of hydrogen-bond acceptors (Lipinski definition) is 8. The number of amides is 2. The molecular formula is C27H29N5O4S2. The lowest BCUT2D eigenvalue weighted by molar-refractivity contribution is -0.117. The van der Waals surface area contributed by atoms with E-state index in [-0.39, 0.29) is 22.8 Å². The normalized spacial score (nSPS) is 18.3. The van der Waals surface area contributed by atoms with Crippen molar-refractivity contribution in [1.82, 2.24) is 14.9 Å². The van der Waals surface area contributed by atoms with E-state index in [2.05, 4.69) is 22.2 Å². The molecule has 2 aromatic heterocycles. The first-order valence-corrected chi connectivity index (χ1v) is 15.5. The van der Waals surface area contributed by atoms with E-state index in [1.54, 1.807) is 11.0 Å². The molecule has 11 heteroatoms. The summed E-state index contributed by atoms with van der Waals surface area (Å²) < 4.78 is 25.6. The van der Waals surface area contributed by atoms with Crippen LogP contribution in [-0.4, -0.2) is 53.9 Å². The number of aryl methyl sites for hydroxylation is 1. The van der Waals surface area contributed by atoms with Gasteiger partial charge in [0.1, 0.15) is 11.6 Å². The van der Waals surface area contributed by atoms with Crippen LogP contribution in [-0.2, 0) is 21.2 Å². The monoisotopic (exact) mass is 551 g/mol. The van der Waals surface area contributed by atoms with Gasteiger partial charge in [-0.05, 0) is 74.4 Å². The number of anilines is 3. The number of sulfone groups is 1. The zero-order valence-electron chi connectivity index (χ0n) is 21.5. The summed E-state index contributed by atoms with van der Waals surface area (Å²) in [7, 11) is -3.64. The molecule has 1 unspecified atom stereocenters. The second-order valence-electron chi connectivity index (χ2n) is 10.4. The fraction of sp³-hybridized carbons (Fsp3) is 0.407. The molecule has 1 aliphatic carbocycles. The third-order valence-corrected chi connectivity index (χ3v) is 9.82. The Kier molecular flexibility index (Phi) is 6.03. The van der Waals surface area contributed by atoms with Crippen LogP contribution in [0.15, 0.2) is 35.2 Å². The number of hydrogen-bond donors (Lipinski definition) is 1. The molecule has 38 heavy (non-hydrogen) atoms. The molecule has 3 aromatic rings. The second kappa shape index (κ2) is 9.16. The third kappa shape index (κ3) is 4.47. The smallest absolute Gasteiger partial charge is 0.256 e. The van der Waals surface area contributed by atoms with Gasteiger partial charge >= 0.3 is 0 Å². The zero-order valence-corrected chi connectivity index (χ0v) is 23.2. The molecule has 1 N–H and O–H groups in total. The van der Waals surface area contributed by atoms with Gasteiger partial charge in [0, 0.05) is 31.8 Å². The molecule has 0 radical (unpaired) electrons. The average Bonchev–Trinajstić information content (AvgIpc) is 3.41. The van der Waals surface area contributed by atoms with E-state index in [4.69, 9.17) is 0 Å². The fourth-order valence-corrected chi connectivity index (χ4v) is 7.28. The highest BCUT2D eigenvalue weighted by Gasteiger charge is 2.41. The van der Waals surface area contributed by atoms with Crippen molar-refractivity contribution in [2.75, 3.05) is 23.0 Å². The molecule has 4 heterocycles. The summed E-state index contributed by atoms with van der Waals surface area (Å²) >= 11 is 1.40. The van der Waals surface area contributed by atoms with Crippen LogP contribution in [0, 0.1) is 12.8 Å². The maximum Gasteiger partial charge on any atom is 0.256 e. The fourth-order valence-electron chi connectivity index (χ4n) is 5.39. The topological polar surface area (TPSA) is 113 Å². The number of nitrogens with zero attached hydrogens (tertiary/aromatic N) is 4. The summed E-state index contributed by atoms with van der Waals surface area (Å²) in [5.74, 6) is 1.55. The van der Waals surface area contributed by atoms with Crippen molar-refractivity contribution in [3.63, 3.8) is 0 Å². The van der Waals surface area contributed by atoms with Crippen molar-refractivity contribution in [1.29, 1.82) is 0 Å². The summed E-state index contributed by atoms with van der Waals surface area (Å²) in [4.78, 5) is 39.1. The number of pyridine rings is 1. The van der Waals surface area contributed by atoms with Crippen molar-refractivity contribution >= 4 is 49.8 Å². The number of fused-ring (bicyclic) bond motifs is 1. The van der Waals surface area contributed by atoms with Crippen molar-refractivity contribution in [3.05, 3.63) is 47.2 Å². The lowest BCUT2D eigenvalue weighted by Crippen LogP contribution is -2.35. The van der Waals surface area contributed by atoms with Gasteiger partial charge in [0.15, 0.2) is 15.0 Å². The van der Waals surface area contributed by atoms with E-state index in [1.165, 1.54) is 11.3 Å². The summed E-state index contributed by atoms with van der Waals surface area (Å²) in [6.07, 6.45) is 4.73. The van der Waals surface area contributed by atoms with Gasteiger partial charge in [-0.3, -0.25) is 14.5 Å². The lowest BCUT2D eigenvalue weighted by atomic mass is 10.0. The Balaban J connectivity index is 1.33. The van der Waals surface area contributed by atoms with E-state index in [9.17, 15) is 18.0 Å². The van der Waals surface area contributed by atoms with E-state index >= 15 is 0 Å². The predicted molar refractivity (Wildman–Crippen MR) is 147 cm³/mol. The Hall–Kier alpha value is -3.31. The molecule has 2 aliphatic heterocycles. The molecule has 0 spiro atoms. The van der Waals surface area contributed by atoms with Crippen LogP contribution in [0.2, 0.25) is 0 Å². The minimum absolute atomic E-state index is 0.0730. The lowest BCUT2D eigenvalue weighted by Gasteiger charge is -2.24. The Bertz CT molecular complexity index is 1580. The summed E-state index contributed by atoms with van der Waals surface area (Å²) in [6, 6.07) is 9.12. The van der Waals surface area contributed by atoms with Gasteiger partial charge in [-0.25, -0.2) is 18.4 Å². The quantitative estimate of drug-likeness (QED) is 0.459. The van der Waals surface area contributed by atoms with Crippen molar-refractivity contribution in [3.8, 4) is 10.4 Å². The first kappa shape index (κ1) is 25.0. The average molecular weight is 552 g/mol. The van der Waals surface area contributed by atoms with Gasteiger partial charge < -0.3 is 10.2 Å². The maximum absolute atomic E-state index is 13.3. The molecule has 198 valence electrons. The van der Waals surface area contributed by atoms with Gasteiger partial charge in [-0.1, -0.05) is 17.4 Å². The summed E-state index contributed by atoms with van der Waals surface area (Å²) in [6.45, 7) is 5.01. The molecule has 9 nitrogen and oxygen atoms in total. The minimum Gasteiger partial charge on any atom is -0.331 e. The van der Waals surface area contributed by atoms with Crippen LogP contribution in [0.5, 0.6) is 0 Å². The summed E-state index contributed by atoms with van der Waals surface area (Å²) in [5, 5.41) is 3.84.